The highest BCUT2D eigenvalue weighted by Crippen LogP contribution is 2.27. The smallest absolute Gasteiger partial charge is 0.188 e. The van der Waals surface area contributed by atoms with E-state index in [1.54, 1.807) is 26.4 Å². The maximum Gasteiger partial charge on any atom is 0.188 e. The molecule has 25 heavy (non-hydrogen) atoms. The van der Waals surface area contributed by atoms with Crippen molar-refractivity contribution in [3.63, 3.8) is 0 Å². The molecule has 0 unspecified atom stereocenters. The second-order valence-corrected chi connectivity index (χ2v) is 5.19. The Kier molecular flexibility index (Phi) is 9.04. The molecule has 0 radical (unpaired) electrons. The minimum Gasteiger partial charge on any atom is -0.493 e. The number of nitrogens with two attached hydrogens (primary N) is 1. The number of ether oxygens (including phenoxy) is 2. The molecule has 0 saturated carbocycles. The van der Waals surface area contributed by atoms with Gasteiger partial charge in [-0.1, -0.05) is 18.2 Å². The summed E-state index contributed by atoms with van der Waals surface area (Å²) >= 11 is 0. The van der Waals surface area contributed by atoms with Gasteiger partial charge in [0.2, 0.25) is 0 Å². The average Bonchev–Trinajstić information content (AvgIpc) is 2.61. The Hall–Kier alpha value is -2.03. The molecule has 2 aromatic rings. The molecule has 0 aromatic heterocycles. The maximum atomic E-state index is 12.8. The summed E-state index contributed by atoms with van der Waals surface area (Å²) in [5, 5.41) is 3.05. The number of methoxy groups -OCH3 is 2. The molecule has 7 heteroatoms. The zero-order chi connectivity index (χ0) is 17.4. The van der Waals surface area contributed by atoms with Gasteiger partial charge in [-0.05, 0) is 41.8 Å². The summed E-state index contributed by atoms with van der Waals surface area (Å²) in [4.78, 5) is 4.30. The Morgan fingerprint density at radius 2 is 1.68 bits per heavy atom. The van der Waals surface area contributed by atoms with Gasteiger partial charge in [0.05, 0.1) is 20.8 Å². The van der Waals surface area contributed by atoms with Crippen LogP contribution in [0.15, 0.2) is 47.5 Å². The highest BCUT2D eigenvalue weighted by atomic mass is 127. The largest absolute Gasteiger partial charge is 0.493 e. The van der Waals surface area contributed by atoms with Crippen molar-refractivity contribution in [1.82, 2.24) is 5.32 Å². The van der Waals surface area contributed by atoms with E-state index in [2.05, 4.69) is 10.3 Å². The van der Waals surface area contributed by atoms with Gasteiger partial charge in [0.1, 0.15) is 5.82 Å². The molecule has 2 aromatic carbocycles. The van der Waals surface area contributed by atoms with E-state index in [0.29, 0.717) is 30.5 Å². The minimum absolute atomic E-state index is 0. The number of halogens is 2. The van der Waals surface area contributed by atoms with E-state index >= 15 is 0 Å². The zero-order valence-corrected chi connectivity index (χ0v) is 16.6. The third kappa shape index (κ3) is 6.77. The van der Waals surface area contributed by atoms with Gasteiger partial charge in [0, 0.05) is 6.54 Å². The molecule has 0 aliphatic carbocycles. The molecule has 5 nitrogen and oxygen atoms in total. The van der Waals surface area contributed by atoms with Gasteiger partial charge >= 0.3 is 0 Å². The molecular formula is C18H23FIN3O2. The third-order valence-corrected chi connectivity index (χ3v) is 3.51. The van der Waals surface area contributed by atoms with E-state index in [-0.39, 0.29) is 29.8 Å². The SMILES string of the molecule is COc1ccc(CN=C(N)NCCc2ccc(F)cc2)cc1OC.I. The summed E-state index contributed by atoms with van der Waals surface area (Å²) < 4.78 is 23.3. The lowest BCUT2D eigenvalue weighted by Gasteiger charge is -2.09. The normalized spacial score (nSPS) is 10.8. The van der Waals surface area contributed by atoms with Crippen LogP contribution in [-0.4, -0.2) is 26.7 Å². The van der Waals surface area contributed by atoms with Crippen LogP contribution >= 0.6 is 24.0 Å². The molecular weight excluding hydrogens is 436 g/mol. The van der Waals surface area contributed by atoms with Crippen molar-refractivity contribution in [1.29, 1.82) is 0 Å². The first-order valence-electron chi connectivity index (χ1n) is 7.61. The summed E-state index contributed by atoms with van der Waals surface area (Å²) in [5.74, 6) is 1.47. The van der Waals surface area contributed by atoms with E-state index in [9.17, 15) is 4.39 Å². The molecule has 0 fully saturated rings. The standard InChI is InChI=1S/C18H22FN3O2.HI/c1-23-16-8-5-14(11-17(16)24-2)12-22-18(20)21-10-9-13-3-6-15(19)7-4-13;/h3-8,11H,9-10,12H2,1-2H3,(H3,20,21,22);1H. The summed E-state index contributed by atoms with van der Waals surface area (Å²) in [6.45, 7) is 1.07. The first-order valence-corrected chi connectivity index (χ1v) is 7.61. The van der Waals surface area contributed by atoms with Gasteiger partial charge in [-0.25, -0.2) is 9.38 Å². The van der Waals surface area contributed by atoms with Gasteiger partial charge < -0.3 is 20.5 Å². The van der Waals surface area contributed by atoms with Crippen LogP contribution in [0.4, 0.5) is 4.39 Å². The van der Waals surface area contributed by atoms with Crippen LogP contribution in [0.25, 0.3) is 0 Å². The van der Waals surface area contributed by atoms with E-state index in [0.717, 1.165) is 17.5 Å². The molecule has 3 N–H and O–H groups in total. The highest BCUT2D eigenvalue weighted by molar-refractivity contribution is 14.0. The summed E-state index contributed by atoms with van der Waals surface area (Å²) in [6.07, 6.45) is 0.743. The number of guanidine groups is 1. The van der Waals surface area contributed by atoms with Gasteiger partial charge in [-0.2, -0.15) is 0 Å². The summed E-state index contributed by atoms with van der Waals surface area (Å²) in [7, 11) is 3.19. The number of benzene rings is 2. The van der Waals surface area contributed by atoms with E-state index in [1.807, 2.05) is 18.2 Å². The van der Waals surface area contributed by atoms with Crippen molar-refractivity contribution in [3.8, 4) is 11.5 Å². The number of rotatable bonds is 7. The number of hydrogen-bond donors (Lipinski definition) is 2. The first-order chi connectivity index (χ1) is 11.6. The second kappa shape index (κ2) is 10.8. The highest BCUT2D eigenvalue weighted by Gasteiger charge is 2.04. The molecule has 0 saturated heterocycles. The fraction of sp³-hybridized carbons (Fsp3) is 0.278. The molecule has 0 aliphatic rings. The van der Waals surface area contributed by atoms with Crippen molar-refractivity contribution in [2.45, 2.75) is 13.0 Å². The topological polar surface area (TPSA) is 68.9 Å². The predicted octanol–water partition coefficient (Wildman–Crippen LogP) is 3.11. The lowest BCUT2D eigenvalue weighted by molar-refractivity contribution is 0.354. The van der Waals surface area contributed by atoms with Crippen LogP contribution in [0.2, 0.25) is 0 Å². The van der Waals surface area contributed by atoms with Crippen LogP contribution in [0.5, 0.6) is 11.5 Å². The Labute approximate surface area is 164 Å². The van der Waals surface area contributed by atoms with Crippen LogP contribution < -0.4 is 20.5 Å². The van der Waals surface area contributed by atoms with E-state index in [4.69, 9.17) is 15.2 Å². The predicted molar refractivity (Wildman–Crippen MR) is 108 cm³/mol. The lowest BCUT2D eigenvalue weighted by Crippen LogP contribution is -2.33. The Bertz CT molecular complexity index is 693. The summed E-state index contributed by atoms with van der Waals surface area (Å²) in [6, 6.07) is 12.0. The number of aliphatic imine (C=N–C) groups is 1. The van der Waals surface area contributed by atoms with Crippen molar-refractivity contribution < 1.29 is 13.9 Å². The van der Waals surface area contributed by atoms with Crippen LogP contribution in [0.1, 0.15) is 11.1 Å². The Morgan fingerprint density at radius 3 is 2.32 bits per heavy atom. The van der Waals surface area contributed by atoms with Crippen LogP contribution in [0, 0.1) is 5.82 Å². The Balaban J connectivity index is 0.00000312. The second-order valence-electron chi connectivity index (χ2n) is 5.19. The quantitative estimate of drug-likeness (QED) is 0.380. The van der Waals surface area contributed by atoms with Crippen LogP contribution in [0.3, 0.4) is 0 Å². The monoisotopic (exact) mass is 459 g/mol. The van der Waals surface area contributed by atoms with E-state index in [1.165, 1.54) is 12.1 Å². The number of nitrogens with one attached hydrogen (secondary N) is 1. The average molecular weight is 459 g/mol. The van der Waals surface area contributed by atoms with Crippen molar-refractivity contribution in [2.24, 2.45) is 10.7 Å². The van der Waals surface area contributed by atoms with Crippen LogP contribution in [-0.2, 0) is 13.0 Å². The molecule has 0 aliphatic heterocycles. The number of hydrogen-bond acceptors (Lipinski definition) is 3. The lowest BCUT2D eigenvalue weighted by atomic mass is 10.1. The Morgan fingerprint density at radius 1 is 1.04 bits per heavy atom. The van der Waals surface area contributed by atoms with E-state index < -0.39 is 0 Å². The van der Waals surface area contributed by atoms with Gasteiger partial charge in [0.15, 0.2) is 17.5 Å². The molecule has 2 rings (SSSR count). The molecule has 136 valence electrons. The van der Waals surface area contributed by atoms with Crippen molar-refractivity contribution in [3.05, 3.63) is 59.4 Å². The summed E-state index contributed by atoms with van der Waals surface area (Å²) in [5.41, 5.74) is 7.87. The van der Waals surface area contributed by atoms with Crippen molar-refractivity contribution >= 4 is 29.9 Å². The molecule has 0 heterocycles. The van der Waals surface area contributed by atoms with Gasteiger partial charge in [0.25, 0.3) is 0 Å². The minimum atomic E-state index is -0.234. The fourth-order valence-corrected chi connectivity index (χ4v) is 2.20. The molecule has 0 spiro atoms. The number of nitrogens with zero attached hydrogens (tertiary/aromatic N) is 1. The fourth-order valence-electron chi connectivity index (χ4n) is 2.20. The molecule has 0 bridgehead atoms. The molecule has 0 amide bonds. The zero-order valence-electron chi connectivity index (χ0n) is 14.3. The first kappa shape index (κ1) is 21.0. The molecule has 0 atom stereocenters. The third-order valence-electron chi connectivity index (χ3n) is 3.51. The van der Waals surface area contributed by atoms with Gasteiger partial charge in [-0.3, -0.25) is 0 Å². The van der Waals surface area contributed by atoms with Gasteiger partial charge in [-0.15, -0.1) is 24.0 Å². The maximum absolute atomic E-state index is 12.8. The van der Waals surface area contributed by atoms with Crippen molar-refractivity contribution in [2.75, 3.05) is 20.8 Å².